The van der Waals surface area contributed by atoms with Crippen molar-refractivity contribution in [1.82, 2.24) is 0 Å². The molecule has 16 heavy (non-hydrogen) atoms. The summed E-state index contributed by atoms with van der Waals surface area (Å²) in [7, 11) is 1.65. The summed E-state index contributed by atoms with van der Waals surface area (Å²) in [6.45, 7) is 5.07. The normalized spacial score (nSPS) is 24.4. The monoisotopic (exact) mass is 229 g/mol. The molecule has 0 radical (unpaired) electrons. The fourth-order valence-corrected chi connectivity index (χ4v) is 3.19. The second-order valence-corrected chi connectivity index (χ2v) is 5.56. The van der Waals surface area contributed by atoms with Gasteiger partial charge < -0.3 is 15.6 Å². The molecule has 1 aliphatic carbocycles. The first-order valence-corrected chi connectivity index (χ1v) is 6.44. The minimum Gasteiger partial charge on any atom is -0.387 e. The second kappa shape index (κ2) is 5.48. The van der Waals surface area contributed by atoms with Crippen LogP contribution >= 0.6 is 0 Å². The number of aliphatic hydroxyl groups is 1. The Morgan fingerprint density at radius 3 is 2.25 bits per heavy atom. The van der Waals surface area contributed by atoms with Crippen molar-refractivity contribution in [2.45, 2.75) is 51.6 Å². The lowest BCUT2D eigenvalue weighted by molar-refractivity contribution is -0.163. The summed E-state index contributed by atoms with van der Waals surface area (Å²) in [4.78, 5) is 0. The minimum atomic E-state index is -0.781. The third kappa shape index (κ3) is 2.27. The molecule has 0 amide bonds. The van der Waals surface area contributed by atoms with Crippen molar-refractivity contribution >= 4 is 0 Å². The highest BCUT2D eigenvalue weighted by Gasteiger charge is 2.51. The van der Waals surface area contributed by atoms with Crippen molar-refractivity contribution in [3.8, 4) is 0 Å². The van der Waals surface area contributed by atoms with Gasteiger partial charge in [0.1, 0.15) is 0 Å². The van der Waals surface area contributed by atoms with Crippen molar-refractivity contribution in [3.05, 3.63) is 0 Å². The first-order chi connectivity index (χ1) is 7.52. The molecule has 0 aromatic carbocycles. The van der Waals surface area contributed by atoms with Gasteiger partial charge in [0.15, 0.2) is 0 Å². The second-order valence-electron chi connectivity index (χ2n) is 5.56. The molecule has 0 saturated heterocycles. The Morgan fingerprint density at radius 2 is 1.88 bits per heavy atom. The van der Waals surface area contributed by atoms with E-state index in [-0.39, 0.29) is 11.3 Å². The van der Waals surface area contributed by atoms with Gasteiger partial charge in [-0.3, -0.25) is 0 Å². The number of hydrogen-bond donors (Lipinski definition) is 2. The summed E-state index contributed by atoms with van der Waals surface area (Å²) >= 11 is 0. The highest BCUT2D eigenvalue weighted by atomic mass is 16.5. The highest BCUT2D eigenvalue weighted by Crippen LogP contribution is 2.47. The van der Waals surface area contributed by atoms with Crippen LogP contribution in [-0.2, 0) is 4.74 Å². The Kier molecular flexibility index (Phi) is 4.77. The van der Waals surface area contributed by atoms with Crippen LogP contribution < -0.4 is 5.73 Å². The minimum absolute atomic E-state index is 0.143. The Balaban J connectivity index is 2.96. The van der Waals surface area contributed by atoms with Gasteiger partial charge in [-0.1, -0.05) is 33.1 Å². The maximum atomic E-state index is 11.0. The van der Waals surface area contributed by atoms with Crippen LogP contribution in [0.4, 0.5) is 0 Å². The SMILES string of the molecule is COCC(O)(C(C)C)C1(CN)CCCCC1. The van der Waals surface area contributed by atoms with E-state index < -0.39 is 5.60 Å². The first-order valence-electron chi connectivity index (χ1n) is 6.44. The van der Waals surface area contributed by atoms with Gasteiger partial charge in [0.2, 0.25) is 0 Å². The van der Waals surface area contributed by atoms with E-state index in [0.29, 0.717) is 13.2 Å². The Labute approximate surface area is 99.4 Å². The first kappa shape index (κ1) is 13.9. The molecule has 0 aromatic rings. The molecule has 0 bridgehead atoms. The maximum absolute atomic E-state index is 11.0. The van der Waals surface area contributed by atoms with Gasteiger partial charge >= 0.3 is 0 Å². The summed E-state index contributed by atoms with van der Waals surface area (Å²) in [6.07, 6.45) is 5.68. The van der Waals surface area contributed by atoms with Crippen molar-refractivity contribution in [2.24, 2.45) is 17.1 Å². The van der Waals surface area contributed by atoms with Crippen molar-refractivity contribution < 1.29 is 9.84 Å². The highest BCUT2D eigenvalue weighted by molar-refractivity contribution is 5.02. The molecule has 96 valence electrons. The van der Waals surface area contributed by atoms with Crippen LogP contribution in [0.3, 0.4) is 0 Å². The fourth-order valence-electron chi connectivity index (χ4n) is 3.19. The molecule has 3 N–H and O–H groups in total. The van der Waals surface area contributed by atoms with E-state index in [4.69, 9.17) is 10.5 Å². The molecule has 1 fully saturated rings. The van der Waals surface area contributed by atoms with Gasteiger partial charge in [0.05, 0.1) is 12.2 Å². The zero-order valence-electron chi connectivity index (χ0n) is 11.0. The van der Waals surface area contributed by atoms with E-state index in [0.717, 1.165) is 12.8 Å². The van der Waals surface area contributed by atoms with Crippen LogP contribution in [0.2, 0.25) is 0 Å². The number of ether oxygens (including phenoxy) is 1. The average molecular weight is 229 g/mol. The summed E-state index contributed by atoms with van der Waals surface area (Å²) < 4.78 is 5.24. The van der Waals surface area contributed by atoms with Gasteiger partial charge in [-0.25, -0.2) is 0 Å². The molecule has 1 unspecified atom stereocenters. The molecule has 1 saturated carbocycles. The van der Waals surface area contributed by atoms with E-state index in [2.05, 4.69) is 13.8 Å². The zero-order valence-corrected chi connectivity index (χ0v) is 11.0. The van der Waals surface area contributed by atoms with E-state index in [9.17, 15) is 5.11 Å². The summed E-state index contributed by atoms with van der Waals surface area (Å²) in [5, 5.41) is 11.0. The van der Waals surface area contributed by atoms with Crippen LogP contribution in [0.25, 0.3) is 0 Å². The summed E-state index contributed by atoms with van der Waals surface area (Å²) in [5.74, 6) is 0.175. The predicted molar refractivity (Wildman–Crippen MR) is 66.2 cm³/mol. The molecule has 0 aromatic heterocycles. The summed E-state index contributed by atoms with van der Waals surface area (Å²) in [6, 6.07) is 0. The standard InChI is InChI=1S/C13H27NO2/c1-11(2)13(15,10-16-3)12(9-14)7-5-4-6-8-12/h11,15H,4-10,14H2,1-3H3. The number of nitrogens with two attached hydrogens (primary N) is 1. The largest absolute Gasteiger partial charge is 0.387 e. The molecule has 3 heteroatoms. The predicted octanol–water partition coefficient (Wildman–Crippen LogP) is 1.93. The number of hydrogen-bond acceptors (Lipinski definition) is 3. The van der Waals surface area contributed by atoms with Gasteiger partial charge in [0, 0.05) is 19.1 Å². The molecular weight excluding hydrogens is 202 g/mol. The zero-order chi connectivity index (χ0) is 12.2. The molecular formula is C13H27NO2. The van der Waals surface area contributed by atoms with Crippen LogP contribution in [0.5, 0.6) is 0 Å². The molecule has 0 spiro atoms. The van der Waals surface area contributed by atoms with Crippen LogP contribution in [0, 0.1) is 11.3 Å². The quantitative estimate of drug-likeness (QED) is 0.757. The van der Waals surface area contributed by atoms with Crippen molar-refractivity contribution in [1.29, 1.82) is 0 Å². The van der Waals surface area contributed by atoms with Gasteiger partial charge in [-0.05, 0) is 18.8 Å². The number of methoxy groups -OCH3 is 1. The lowest BCUT2D eigenvalue weighted by Gasteiger charge is -2.51. The Bertz CT molecular complexity index is 209. The van der Waals surface area contributed by atoms with Gasteiger partial charge in [-0.2, -0.15) is 0 Å². The lowest BCUT2D eigenvalue weighted by atomic mass is 9.60. The maximum Gasteiger partial charge on any atom is 0.0970 e. The molecule has 3 nitrogen and oxygen atoms in total. The van der Waals surface area contributed by atoms with E-state index in [1.54, 1.807) is 7.11 Å². The smallest absolute Gasteiger partial charge is 0.0970 e. The van der Waals surface area contributed by atoms with E-state index in [1.165, 1.54) is 19.3 Å². The van der Waals surface area contributed by atoms with Crippen molar-refractivity contribution in [2.75, 3.05) is 20.3 Å². The molecule has 1 rings (SSSR count). The van der Waals surface area contributed by atoms with Crippen LogP contribution in [0.1, 0.15) is 46.0 Å². The topological polar surface area (TPSA) is 55.5 Å². The third-order valence-corrected chi connectivity index (χ3v) is 4.44. The Hall–Kier alpha value is -0.120. The summed E-state index contributed by atoms with van der Waals surface area (Å²) in [5.41, 5.74) is 5.05. The average Bonchev–Trinajstić information content (AvgIpc) is 2.29. The van der Waals surface area contributed by atoms with E-state index >= 15 is 0 Å². The fraction of sp³-hybridized carbons (Fsp3) is 1.00. The molecule has 1 atom stereocenters. The van der Waals surface area contributed by atoms with E-state index in [1.807, 2.05) is 0 Å². The third-order valence-electron chi connectivity index (χ3n) is 4.44. The molecule has 0 aliphatic heterocycles. The number of rotatable bonds is 5. The van der Waals surface area contributed by atoms with Crippen LogP contribution in [0.15, 0.2) is 0 Å². The molecule has 1 aliphatic rings. The van der Waals surface area contributed by atoms with Crippen LogP contribution in [-0.4, -0.2) is 31.0 Å². The van der Waals surface area contributed by atoms with Gasteiger partial charge in [-0.15, -0.1) is 0 Å². The molecule has 0 heterocycles. The Morgan fingerprint density at radius 1 is 1.31 bits per heavy atom. The van der Waals surface area contributed by atoms with Gasteiger partial charge in [0.25, 0.3) is 0 Å². The van der Waals surface area contributed by atoms with Crippen molar-refractivity contribution in [3.63, 3.8) is 0 Å². The lowest BCUT2D eigenvalue weighted by Crippen LogP contribution is -2.59.